The van der Waals surface area contributed by atoms with Crippen LogP contribution in [0, 0.1) is 5.92 Å². The lowest BCUT2D eigenvalue weighted by Crippen LogP contribution is -2.57. The Morgan fingerprint density at radius 2 is 1.38 bits per heavy atom. The van der Waals surface area contributed by atoms with E-state index in [9.17, 15) is 24.6 Å². The number of carbonyl (C=O) groups excluding carboxylic acids is 3. The van der Waals surface area contributed by atoms with Gasteiger partial charge in [-0.05, 0) is 17.5 Å². The second-order valence-electron chi connectivity index (χ2n) is 5.62. The zero-order chi connectivity index (χ0) is 18.9. The van der Waals surface area contributed by atoms with Gasteiger partial charge in [0.2, 0.25) is 0 Å². The van der Waals surface area contributed by atoms with E-state index in [2.05, 4.69) is 0 Å². The summed E-state index contributed by atoms with van der Waals surface area (Å²) in [6, 6.07) is 15.4. The minimum Gasteiger partial charge on any atom is -0.550 e. The van der Waals surface area contributed by atoms with E-state index < -0.39 is 30.0 Å². The molecule has 26 heavy (non-hydrogen) atoms. The van der Waals surface area contributed by atoms with E-state index >= 15 is 0 Å². The summed E-state index contributed by atoms with van der Waals surface area (Å²) in [4.78, 5) is 34.7. The number of alkyl carbamates (subject to hydrolysis) is 1. The molecule has 1 unspecified atom stereocenters. The van der Waals surface area contributed by atoms with Gasteiger partial charge in [0.1, 0.15) is 6.61 Å². The van der Waals surface area contributed by atoms with Gasteiger partial charge in [-0.2, -0.15) is 0 Å². The minimum absolute atomic E-state index is 0.0822. The first-order valence-electron chi connectivity index (χ1n) is 7.90. The summed E-state index contributed by atoms with van der Waals surface area (Å²) in [5.41, 5.74) is 1.29. The Hall–Kier alpha value is -3.35. The molecule has 0 radical (unpaired) electrons. The molecule has 0 saturated carbocycles. The molecule has 0 fully saturated rings. The van der Waals surface area contributed by atoms with Crippen molar-refractivity contribution in [3.63, 3.8) is 0 Å². The van der Waals surface area contributed by atoms with Crippen molar-refractivity contribution in [2.45, 2.75) is 19.1 Å². The number of hydrogen-bond donors (Lipinski definition) is 1. The summed E-state index contributed by atoms with van der Waals surface area (Å²) in [5, 5.41) is 24.8. The fraction of sp³-hybridized carbons (Fsp3) is 0.211. The maximum Gasteiger partial charge on any atom is 0.408 e. The van der Waals surface area contributed by atoms with Crippen molar-refractivity contribution >= 4 is 18.0 Å². The number of nitrogens with one attached hydrogen (secondary N) is 1. The summed E-state index contributed by atoms with van der Waals surface area (Å²) in [7, 11) is 0. The van der Waals surface area contributed by atoms with Crippen LogP contribution in [0.1, 0.15) is 11.1 Å². The van der Waals surface area contributed by atoms with Crippen LogP contribution in [-0.2, 0) is 27.4 Å². The Morgan fingerprint density at radius 1 is 0.846 bits per heavy atom. The van der Waals surface area contributed by atoms with E-state index in [1.54, 1.807) is 60.7 Å². The average Bonchev–Trinajstić information content (AvgIpc) is 2.64. The summed E-state index contributed by atoms with van der Waals surface area (Å²) < 4.78 is 4.93. The summed E-state index contributed by atoms with van der Waals surface area (Å²) >= 11 is 0. The topological polar surface area (TPSA) is 119 Å². The van der Waals surface area contributed by atoms with Gasteiger partial charge in [0.05, 0.1) is 12.0 Å². The number of rotatable bonds is 8. The van der Waals surface area contributed by atoms with E-state index in [0.29, 0.717) is 11.1 Å². The fourth-order valence-electron chi connectivity index (χ4n) is 2.42. The lowest BCUT2D eigenvalue weighted by Gasteiger charge is -2.29. The average molecular weight is 355 g/mol. The molecule has 0 aliphatic heterocycles. The van der Waals surface area contributed by atoms with E-state index in [1.165, 1.54) is 0 Å². The van der Waals surface area contributed by atoms with Crippen LogP contribution < -0.4 is 15.5 Å². The molecule has 0 bridgehead atoms. The van der Waals surface area contributed by atoms with Gasteiger partial charge < -0.3 is 29.9 Å². The smallest absolute Gasteiger partial charge is 0.408 e. The fourth-order valence-corrected chi connectivity index (χ4v) is 2.42. The molecule has 1 N–H and O–H groups in total. The largest absolute Gasteiger partial charge is 0.550 e. The Kier molecular flexibility index (Phi) is 6.73. The highest BCUT2D eigenvalue weighted by Gasteiger charge is 2.26. The third-order valence-corrected chi connectivity index (χ3v) is 3.74. The molecule has 0 heterocycles. The summed E-state index contributed by atoms with van der Waals surface area (Å²) in [6.45, 7) is -0.0822. The molecule has 2 atom stereocenters. The van der Waals surface area contributed by atoms with Crippen molar-refractivity contribution < 1.29 is 29.3 Å². The minimum atomic E-state index is -1.79. The predicted octanol–water partition coefficient (Wildman–Crippen LogP) is -0.360. The van der Waals surface area contributed by atoms with Crippen molar-refractivity contribution in [3.05, 3.63) is 71.8 Å². The van der Waals surface area contributed by atoms with Gasteiger partial charge >= 0.3 is 6.09 Å². The molecular formula is C19H17NO6-2. The molecule has 0 saturated heterocycles. The van der Waals surface area contributed by atoms with Gasteiger partial charge in [0, 0.05) is 11.9 Å². The van der Waals surface area contributed by atoms with Crippen molar-refractivity contribution in [2.75, 3.05) is 0 Å². The van der Waals surface area contributed by atoms with Gasteiger partial charge in [0.15, 0.2) is 0 Å². The highest BCUT2D eigenvalue weighted by molar-refractivity contribution is 5.84. The Bertz CT molecular complexity index is 747. The summed E-state index contributed by atoms with van der Waals surface area (Å²) in [6.07, 6.45) is -1.19. The normalized spacial score (nSPS) is 12.6. The molecule has 0 spiro atoms. The van der Waals surface area contributed by atoms with Gasteiger partial charge in [-0.3, -0.25) is 0 Å². The number of aliphatic carboxylic acids is 2. The molecule has 7 nitrogen and oxygen atoms in total. The van der Waals surface area contributed by atoms with Crippen molar-refractivity contribution in [1.82, 2.24) is 5.32 Å². The zero-order valence-corrected chi connectivity index (χ0v) is 13.8. The van der Waals surface area contributed by atoms with Crippen LogP contribution in [0.2, 0.25) is 0 Å². The second-order valence-corrected chi connectivity index (χ2v) is 5.62. The van der Waals surface area contributed by atoms with E-state index in [4.69, 9.17) is 4.74 Å². The molecule has 0 aromatic heterocycles. The lowest BCUT2D eigenvalue weighted by atomic mass is 9.92. The number of amides is 1. The number of carbonyl (C=O) groups is 3. The first-order valence-corrected chi connectivity index (χ1v) is 7.90. The quantitative estimate of drug-likeness (QED) is 0.691. The van der Waals surface area contributed by atoms with Crippen molar-refractivity contribution in [2.24, 2.45) is 5.92 Å². The third-order valence-electron chi connectivity index (χ3n) is 3.74. The maximum absolute atomic E-state index is 11.9. The predicted molar refractivity (Wildman–Crippen MR) is 87.2 cm³/mol. The van der Waals surface area contributed by atoms with E-state index in [0.717, 1.165) is 0 Å². The van der Waals surface area contributed by atoms with E-state index in [1.807, 2.05) is 5.32 Å². The van der Waals surface area contributed by atoms with Crippen LogP contribution in [0.3, 0.4) is 0 Å². The standard InChI is InChI=1S/C19H19NO6/c21-17(22)15(11-13-7-3-1-4-8-13)16(18(23)24)20-19(25)26-12-14-9-5-2-6-10-14/h1-10,15-16H,11-12H2,(H,20,25)(H,21,22)(H,23,24)/p-2/t15?,16-/m0/s1. The highest BCUT2D eigenvalue weighted by atomic mass is 16.5. The zero-order valence-electron chi connectivity index (χ0n) is 13.8. The molecule has 136 valence electrons. The van der Waals surface area contributed by atoms with E-state index in [-0.39, 0.29) is 13.0 Å². The molecule has 2 aromatic rings. The first-order chi connectivity index (χ1) is 12.5. The number of ether oxygens (including phenoxy) is 1. The van der Waals surface area contributed by atoms with Crippen molar-refractivity contribution in [3.8, 4) is 0 Å². The number of benzene rings is 2. The SMILES string of the molecule is O=C(N[C@H](C(=O)[O-])C(Cc1ccccc1)C(=O)[O-])OCc1ccccc1. The molecule has 0 aliphatic carbocycles. The molecule has 1 amide bonds. The first kappa shape index (κ1) is 19.0. The van der Waals surface area contributed by atoms with Crippen LogP contribution in [0.15, 0.2) is 60.7 Å². The maximum atomic E-state index is 11.9. The summed E-state index contributed by atoms with van der Waals surface area (Å²) in [5.74, 6) is -4.84. The number of hydrogen-bond acceptors (Lipinski definition) is 6. The molecule has 2 rings (SSSR count). The number of carboxylic acid groups (broad SMARTS) is 2. The molecular weight excluding hydrogens is 338 g/mol. The second kappa shape index (κ2) is 9.22. The Labute approximate surface area is 150 Å². The van der Waals surface area contributed by atoms with Gasteiger partial charge in [-0.15, -0.1) is 0 Å². The lowest BCUT2D eigenvalue weighted by molar-refractivity contribution is -0.323. The monoisotopic (exact) mass is 355 g/mol. The van der Waals surface area contributed by atoms with Gasteiger partial charge in [0.25, 0.3) is 0 Å². The van der Waals surface area contributed by atoms with Crippen LogP contribution in [0.5, 0.6) is 0 Å². The third kappa shape index (κ3) is 5.62. The Morgan fingerprint density at radius 3 is 1.88 bits per heavy atom. The number of carboxylic acids is 2. The molecule has 0 aliphatic rings. The van der Waals surface area contributed by atoms with Crippen LogP contribution in [0.25, 0.3) is 0 Å². The van der Waals surface area contributed by atoms with Gasteiger partial charge in [-0.25, -0.2) is 4.79 Å². The molecule has 7 heteroatoms. The van der Waals surface area contributed by atoms with Gasteiger partial charge in [-0.1, -0.05) is 60.7 Å². The highest BCUT2D eigenvalue weighted by Crippen LogP contribution is 2.13. The van der Waals surface area contributed by atoms with Crippen molar-refractivity contribution in [1.29, 1.82) is 0 Å². The van der Waals surface area contributed by atoms with Crippen LogP contribution in [-0.4, -0.2) is 24.1 Å². The van der Waals surface area contributed by atoms with Crippen LogP contribution in [0.4, 0.5) is 4.79 Å². The molecule has 2 aromatic carbocycles. The van der Waals surface area contributed by atoms with Crippen LogP contribution >= 0.6 is 0 Å². The Balaban J connectivity index is 2.03.